The Hall–Kier alpha value is -1.22. The second-order valence-electron chi connectivity index (χ2n) is 4.45. The van der Waals surface area contributed by atoms with Crippen molar-refractivity contribution >= 4 is 5.69 Å². The van der Waals surface area contributed by atoms with Crippen LogP contribution in [-0.4, -0.2) is 25.9 Å². The van der Waals surface area contributed by atoms with Gasteiger partial charge in [-0.3, -0.25) is 0 Å². The summed E-state index contributed by atoms with van der Waals surface area (Å²) in [7, 11) is 0. The van der Waals surface area contributed by atoms with E-state index < -0.39 is 0 Å². The Kier molecular flexibility index (Phi) is 2.70. The van der Waals surface area contributed by atoms with E-state index in [1.807, 2.05) is 6.07 Å². The number of ether oxygens (including phenoxy) is 2. The lowest BCUT2D eigenvalue weighted by Crippen LogP contribution is -2.27. The first-order valence-corrected chi connectivity index (χ1v) is 6.03. The summed E-state index contributed by atoms with van der Waals surface area (Å²) in [5, 5.41) is 3.35. The fourth-order valence-corrected chi connectivity index (χ4v) is 2.35. The second-order valence-corrected chi connectivity index (χ2v) is 4.45. The maximum Gasteiger partial charge on any atom is 0.122 e. The SMILES string of the molecule is c1cc2c(cc1OC1CCCOC1)CCN2. The molecule has 1 aromatic carbocycles. The molecule has 1 N–H and O–H groups in total. The van der Waals surface area contributed by atoms with Crippen molar-refractivity contribution in [1.82, 2.24) is 0 Å². The van der Waals surface area contributed by atoms with Crippen LogP contribution in [0, 0.1) is 0 Å². The van der Waals surface area contributed by atoms with Gasteiger partial charge in [0.05, 0.1) is 6.61 Å². The molecule has 3 nitrogen and oxygen atoms in total. The van der Waals surface area contributed by atoms with E-state index in [2.05, 4.69) is 17.4 Å². The van der Waals surface area contributed by atoms with Crippen LogP contribution in [0.2, 0.25) is 0 Å². The third-order valence-electron chi connectivity index (χ3n) is 3.21. The van der Waals surface area contributed by atoms with Gasteiger partial charge in [0, 0.05) is 18.8 Å². The normalized spacial score (nSPS) is 23.6. The fourth-order valence-electron chi connectivity index (χ4n) is 2.35. The van der Waals surface area contributed by atoms with Crippen LogP contribution in [0.3, 0.4) is 0 Å². The number of benzene rings is 1. The van der Waals surface area contributed by atoms with Gasteiger partial charge in [0.25, 0.3) is 0 Å². The molecule has 3 rings (SSSR count). The van der Waals surface area contributed by atoms with Gasteiger partial charge in [0.1, 0.15) is 11.9 Å². The first kappa shape index (κ1) is 9.97. The number of hydrogen-bond acceptors (Lipinski definition) is 3. The summed E-state index contributed by atoms with van der Waals surface area (Å²) < 4.78 is 11.3. The Morgan fingerprint density at radius 1 is 1.38 bits per heavy atom. The summed E-state index contributed by atoms with van der Waals surface area (Å²) in [6.07, 6.45) is 3.56. The minimum atomic E-state index is 0.237. The molecule has 2 aliphatic heterocycles. The van der Waals surface area contributed by atoms with Gasteiger partial charge in [0.15, 0.2) is 0 Å². The Labute approximate surface area is 95.8 Å². The number of anilines is 1. The third kappa shape index (κ3) is 2.00. The molecule has 0 aromatic heterocycles. The molecule has 2 aliphatic rings. The standard InChI is InChI=1S/C13H17NO2/c1-2-12(9-15-7-1)16-11-3-4-13-10(8-11)5-6-14-13/h3-4,8,12,14H,1-2,5-7,9H2. The molecule has 0 amide bonds. The zero-order valence-electron chi connectivity index (χ0n) is 9.37. The van der Waals surface area contributed by atoms with Crippen molar-refractivity contribution in [3.8, 4) is 5.75 Å². The summed E-state index contributed by atoms with van der Waals surface area (Å²) in [6, 6.07) is 6.32. The summed E-state index contributed by atoms with van der Waals surface area (Å²) in [5.41, 5.74) is 2.63. The number of rotatable bonds is 2. The molecular formula is C13H17NO2. The van der Waals surface area contributed by atoms with Crippen LogP contribution < -0.4 is 10.1 Å². The minimum absolute atomic E-state index is 0.237. The quantitative estimate of drug-likeness (QED) is 0.827. The highest BCUT2D eigenvalue weighted by molar-refractivity contribution is 5.57. The monoisotopic (exact) mass is 219 g/mol. The van der Waals surface area contributed by atoms with Gasteiger partial charge in [-0.1, -0.05) is 0 Å². The van der Waals surface area contributed by atoms with E-state index >= 15 is 0 Å². The average molecular weight is 219 g/mol. The van der Waals surface area contributed by atoms with E-state index in [-0.39, 0.29) is 6.10 Å². The first-order chi connectivity index (χ1) is 7.92. The maximum absolute atomic E-state index is 5.93. The Morgan fingerprint density at radius 3 is 3.25 bits per heavy atom. The van der Waals surface area contributed by atoms with Gasteiger partial charge < -0.3 is 14.8 Å². The van der Waals surface area contributed by atoms with Crippen LogP contribution in [0.25, 0.3) is 0 Å². The molecule has 1 aromatic rings. The van der Waals surface area contributed by atoms with Crippen molar-refractivity contribution in [2.75, 3.05) is 25.1 Å². The third-order valence-corrected chi connectivity index (χ3v) is 3.21. The van der Waals surface area contributed by atoms with E-state index in [1.165, 1.54) is 11.3 Å². The van der Waals surface area contributed by atoms with E-state index in [9.17, 15) is 0 Å². The van der Waals surface area contributed by atoms with E-state index in [1.54, 1.807) is 0 Å². The van der Waals surface area contributed by atoms with Crippen LogP contribution in [0.1, 0.15) is 18.4 Å². The van der Waals surface area contributed by atoms with Gasteiger partial charge >= 0.3 is 0 Å². The lowest BCUT2D eigenvalue weighted by molar-refractivity contribution is 0.00741. The number of fused-ring (bicyclic) bond motifs is 1. The molecule has 0 aliphatic carbocycles. The molecule has 1 atom stereocenters. The molecule has 1 unspecified atom stereocenters. The molecule has 0 saturated carbocycles. The van der Waals surface area contributed by atoms with Crippen molar-refractivity contribution in [3.05, 3.63) is 23.8 Å². The van der Waals surface area contributed by atoms with Gasteiger partial charge in [0.2, 0.25) is 0 Å². The van der Waals surface area contributed by atoms with Crippen molar-refractivity contribution in [2.45, 2.75) is 25.4 Å². The van der Waals surface area contributed by atoms with E-state index in [0.29, 0.717) is 0 Å². The maximum atomic E-state index is 5.93. The summed E-state index contributed by atoms with van der Waals surface area (Å²) in [4.78, 5) is 0. The molecule has 1 fully saturated rings. The Bertz CT molecular complexity index is 372. The highest BCUT2D eigenvalue weighted by Crippen LogP contribution is 2.27. The zero-order chi connectivity index (χ0) is 10.8. The summed E-state index contributed by atoms with van der Waals surface area (Å²) in [5.74, 6) is 0.984. The molecule has 2 heterocycles. The molecule has 0 bridgehead atoms. The summed E-state index contributed by atoms with van der Waals surface area (Å²) >= 11 is 0. The van der Waals surface area contributed by atoms with Gasteiger partial charge in [-0.05, 0) is 43.0 Å². The van der Waals surface area contributed by atoms with Gasteiger partial charge in [-0.15, -0.1) is 0 Å². The highest BCUT2D eigenvalue weighted by atomic mass is 16.5. The Balaban J connectivity index is 1.69. The van der Waals surface area contributed by atoms with Crippen LogP contribution in [0.5, 0.6) is 5.75 Å². The lowest BCUT2D eigenvalue weighted by atomic mass is 10.1. The van der Waals surface area contributed by atoms with Gasteiger partial charge in [-0.2, -0.15) is 0 Å². The number of nitrogens with one attached hydrogen (secondary N) is 1. The van der Waals surface area contributed by atoms with E-state index in [4.69, 9.17) is 9.47 Å². The van der Waals surface area contributed by atoms with Crippen LogP contribution in [0.15, 0.2) is 18.2 Å². The lowest BCUT2D eigenvalue weighted by Gasteiger charge is -2.23. The predicted molar refractivity (Wildman–Crippen MR) is 63.1 cm³/mol. The van der Waals surface area contributed by atoms with Crippen molar-refractivity contribution in [2.24, 2.45) is 0 Å². The highest BCUT2D eigenvalue weighted by Gasteiger charge is 2.16. The van der Waals surface area contributed by atoms with Crippen LogP contribution in [0.4, 0.5) is 5.69 Å². The molecule has 0 radical (unpaired) electrons. The number of hydrogen-bond donors (Lipinski definition) is 1. The fraction of sp³-hybridized carbons (Fsp3) is 0.538. The second kappa shape index (κ2) is 4.34. The molecule has 86 valence electrons. The average Bonchev–Trinajstić information content (AvgIpc) is 2.77. The van der Waals surface area contributed by atoms with Crippen molar-refractivity contribution < 1.29 is 9.47 Å². The van der Waals surface area contributed by atoms with Crippen molar-refractivity contribution in [1.29, 1.82) is 0 Å². The predicted octanol–water partition coefficient (Wildman–Crippen LogP) is 2.21. The Morgan fingerprint density at radius 2 is 2.38 bits per heavy atom. The van der Waals surface area contributed by atoms with Gasteiger partial charge in [-0.25, -0.2) is 0 Å². The molecular weight excluding hydrogens is 202 g/mol. The van der Waals surface area contributed by atoms with Crippen LogP contribution in [-0.2, 0) is 11.2 Å². The smallest absolute Gasteiger partial charge is 0.122 e. The minimum Gasteiger partial charge on any atom is -0.488 e. The van der Waals surface area contributed by atoms with Crippen molar-refractivity contribution in [3.63, 3.8) is 0 Å². The van der Waals surface area contributed by atoms with Crippen LogP contribution >= 0.6 is 0 Å². The molecule has 1 saturated heterocycles. The molecule has 16 heavy (non-hydrogen) atoms. The molecule has 0 spiro atoms. The molecule has 3 heteroatoms. The first-order valence-electron chi connectivity index (χ1n) is 6.03. The summed E-state index contributed by atoms with van der Waals surface area (Å²) in [6.45, 7) is 2.66. The zero-order valence-corrected chi connectivity index (χ0v) is 9.37. The topological polar surface area (TPSA) is 30.5 Å². The largest absolute Gasteiger partial charge is 0.488 e. The van der Waals surface area contributed by atoms with E-state index in [0.717, 1.165) is 44.8 Å².